The minimum absolute atomic E-state index is 0.105. The molecule has 0 amide bonds. The molecule has 1 aliphatic carbocycles. The Morgan fingerprint density at radius 3 is 2.29 bits per heavy atom. The summed E-state index contributed by atoms with van der Waals surface area (Å²) in [4.78, 5) is 11.1. The molecule has 2 aliphatic rings. The molecule has 0 N–H and O–H groups in total. The summed E-state index contributed by atoms with van der Waals surface area (Å²) in [6.07, 6.45) is 5.86. The van der Waals surface area contributed by atoms with Gasteiger partial charge >= 0.3 is 0 Å². The summed E-state index contributed by atoms with van der Waals surface area (Å²) < 4.78 is 22.8. The van der Waals surface area contributed by atoms with Crippen molar-refractivity contribution in [3.63, 3.8) is 0 Å². The fourth-order valence-electron chi connectivity index (χ4n) is 2.91. The monoisotopic (exact) mass is 216 g/mol. The van der Waals surface area contributed by atoms with Crippen LogP contribution in [0.3, 0.4) is 0 Å². The van der Waals surface area contributed by atoms with E-state index < -0.39 is 15.3 Å². The molecule has 1 atom stereocenters. The zero-order chi connectivity index (χ0) is 10.2. The third-order valence-corrected chi connectivity index (χ3v) is 5.57. The molecule has 14 heavy (non-hydrogen) atoms. The molecular formula is C10H16O3S. The van der Waals surface area contributed by atoms with Crippen LogP contribution in [0.25, 0.3) is 0 Å². The Balaban J connectivity index is 2.23. The molecule has 1 saturated heterocycles. The van der Waals surface area contributed by atoms with Crippen LogP contribution >= 0.6 is 0 Å². The largest absolute Gasteiger partial charge is 0.303 e. The van der Waals surface area contributed by atoms with Crippen molar-refractivity contribution in [2.75, 3.05) is 11.5 Å². The second-order valence-corrected chi connectivity index (χ2v) is 6.86. The van der Waals surface area contributed by atoms with Crippen LogP contribution in [0.2, 0.25) is 0 Å². The fraction of sp³-hybridized carbons (Fsp3) is 0.900. The fourth-order valence-corrected chi connectivity index (χ4v) is 5.01. The van der Waals surface area contributed by atoms with E-state index in [2.05, 4.69) is 0 Å². The molecule has 1 aliphatic heterocycles. The first kappa shape index (κ1) is 10.1. The van der Waals surface area contributed by atoms with Gasteiger partial charge in [-0.1, -0.05) is 12.8 Å². The lowest BCUT2D eigenvalue weighted by molar-refractivity contribution is -0.117. The highest BCUT2D eigenvalue weighted by molar-refractivity contribution is 7.91. The van der Waals surface area contributed by atoms with Crippen LogP contribution in [-0.2, 0) is 14.6 Å². The lowest BCUT2D eigenvalue weighted by atomic mass is 9.75. The maximum absolute atomic E-state index is 11.4. The van der Waals surface area contributed by atoms with Crippen molar-refractivity contribution in [1.29, 1.82) is 0 Å². The van der Waals surface area contributed by atoms with Gasteiger partial charge in [-0.05, 0) is 25.2 Å². The predicted molar refractivity (Wildman–Crippen MR) is 53.7 cm³/mol. The third-order valence-electron chi connectivity index (χ3n) is 3.77. The van der Waals surface area contributed by atoms with Crippen LogP contribution in [0.4, 0.5) is 0 Å². The van der Waals surface area contributed by atoms with E-state index in [1.165, 1.54) is 0 Å². The maximum Gasteiger partial charge on any atom is 0.151 e. The Bertz CT molecular complexity index is 327. The van der Waals surface area contributed by atoms with Gasteiger partial charge in [0.2, 0.25) is 0 Å². The summed E-state index contributed by atoms with van der Waals surface area (Å²) in [7, 11) is -2.93. The number of hydrogen-bond acceptors (Lipinski definition) is 3. The summed E-state index contributed by atoms with van der Waals surface area (Å²) in [6, 6.07) is 0. The standard InChI is InChI=1S/C10H16O3S/c11-7-10(9-3-1-2-4-9)5-6-14(12,13)8-10/h7,9H,1-6,8H2. The van der Waals surface area contributed by atoms with Crippen LogP contribution in [0.5, 0.6) is 0 Å². The Morgan fingerprint density at radius 2 is 1.86 bits per heavy atom. The van der Waals surface area contributed by atoms with E-state index in [-0.39, 0.29) is 11.5 Å². The van der Waals surface area contributed by atoms with Crippen molar-refractivity contribution in [3.8, 4) is 0 Å². The number of hydrogen-bond donors (Lipinski definition) is 0. The Morgan fingerprint density at radius 1 is 1.21 bits per heavy atom. The topological polar surface area (TPSA) is 51.2 Å². The van der Waals surface area contributed by atoms with Crippen LogP contribution < -0.4 is 0 Å². The molecule has 1 saturated carbocycles. The van der Waals surface area contributed by atoms with Gasteiger partial charge in [-0.15, -0.1) is 0 Å². The van der Waals surface area contributed by atoms with Gasteiger partial charge in [-0.2, -0.15) is 0 Å². The van der Waals surface area contributed by atoms with Crippen LogP contribution in [-0.4, -0.2) is 26.2 Å². The van der Waals surface area contributed by atoms with Gasteiger partial charge in [0.25, 0.3) is 0 Å². The summed E-state index contributed by atoms with van der Waals surface area (Å²) in [6.45, 7) is 0. The van der Waals surface area contributed by atoms with E-state index in [4.69, 9.17) is 0 Å². The minimum atomic E-state index is -2.93. The Labute approximate surface area is 84.8 Å². The van der Waals surface area contributed by atoms with E-state index in [0.29, 0.717) is 12.3 Å². The number of carbonyl (C=O) groups excluding carboxylic acids is 1. The molecular weight excluding hydrogens is 200 g/mol. The van der Waals surface area contributed by atoms with Crippen molar-refractivity contribution >= 4 is 16.1 Å². The zero-order valence-corrected chi connectivity index (χ0v) is 9.05. The average Bonchev–Trinajstić information content (AvgIpc) is 2.72. The molecule has 0 bridgehead atoms. The van der Waals surface area contributed by atoms with Gasteiger partial charge in [0.1, 0.15) is 6.29 Å². The smallest absolute Gasteiger partial charge is 0.151 e. The molecule has 2 rings (SSSR count). The first-order valence-electron chi connectivity index (χ1n) is 5.25. The number of aldehydes is 1. The molecule has 0 aromatic rings. The highest BCUT2D eigenvalue weighted by Gasteiger charge is 2.48. The van der Waals surface area contributed by atoms with Crippen molar-refractivity contribution in [2.24, 2.45) is 11.3 Å². The summed E-state index contributed by atoms with van der Waals surface area (Å²) in [5.41, 5.74) is -0.519. The van der Waals surface area contributed by atoms with Crippen molar-refractivity contribution in [1.82, 2.24) is 0 Å². The first-order chi connectivity index (χ1) is 6.58. The van der Waals surface area contributed by atoms with Gasteiger partial charge < -0.3 is 4.79 Å². The van der Waals surface area contributed by atoms with Gasteiger partial charge in [-0.3, -0.25) is 0 Å². The molecule has 0 aromatic heterocycles. The molecule has 4 heteroatoms. The second kappa shape index (κ2) is 3.33. The van der Waals surface area contributed by atoms with Gasteiger partial charge in [0.15, 0.2) is 9.84 Å². The Hall–Kier alpha value is -0.380. The molecule has 1 heterocycles. The molecule has 3 nitrogen and oxygen atoms in total. The third kappa shape index (κ3) is 1.60. The maximum atomic E-state index is 11.4. The lowest BCUT2D eigenvalue weighted by Gasteiger charge is -2.27. The summed E-state index contributed by atoms with van der Waals surface area (Å²) in [5.74, 6) is 0.647. The van der Waals surface area contributed by atoms with E-state index in [1.807, 2.05) is 0 Å². The second-order valence-electron chi connectivity index (χ2n) is 4.67. The van der Waals surface area contributed by atoms with Crippen molar-refractivity contribution in [2.45, 2.75) is 32.1 Å². The number of sulfone groups is 1. The van der Waals surface area contributed by atoms with Crippen molar-refractivity contribution in [3.05, 3.63) is 0 Å². The van der Waals surface area contributed by atoms with E-state index in [9.17, 15) is 13.2 Å². The molecule has 0 spiro atoms. The predicted octanol–water partition coefficient (Wildman–Crippen LogP) is 1.18. The molecule has 80 valence electrons. The summed E-state index contributed by atoms with van der Waals surface area (Å²) >= 11 is 0. The molecule has 1 unspecified atom stereocenters. The van der Waals surface area contributed by atoms with E-state index >= 15 is 0 Å². The van der Waals surface area contributed by atoms with Crippen molar-refractivity contribution < 1.29 is 13.2 Å². The average molecular weight is 216 g/mol. The summed E-state index contributed by atoms with van der Waals surface area (Å²) in [5, 5.41) is 0. The number of rotatable bonds is 2. The zero-order valence-electron chi connectivity index (χ0n) is 8.24. The SMILES string of the molecule is O=CC1(C2CCCC2)CCS(=O)(=O)C1. The normalized spacial score (nSPS) is 37.4. The van der Waals surface area contributed by atoms with E-state index in [1.54, 1.807) is 0 Å². The quantitative estimate of drug-likeness (QED) is 0.651. The van der Waals surface area contributed by atoms with Crippen LogP contribution in [0.15, 0.2) is 0 Å². The van der Waals surface area contributed by atoms with Gasteiger partial charge in [0, 0.05) is 5.41 Å². The molecule has 0 aromatic carbocycles. The highest BCUT2D eigenvalue weighted by Crippen LogP contribution is 2.45. The highest BCUT2D eigenvalue weighted by atomic mass is 32.2. The van der Waals surface area contributed by atoms with E-state index in [0.717, 1.165) is 32.0 Å². The van der Waals surface area contributed by atoms with Crippen LogP contribution in [0, 0.1) is 11.3 Å². The minimum Gasteiger partial charge on any atom is -0.303 e. The van der Waals surface area contributed by atoms with Crippen LogP contribution in [0.1, 0.15) is 32.1 Å². The molecule has 0 radical (unpaired) electrons. The lowest BCUT2D eigenvalue weighted by Crippen LogP contribution is -2.32. The van der Waals surface area contributed by atoms with Gasteiger partial charge in [0.05, 0.1) is 11.5 Å². The number of carbonyl (C=O) groups is 1. The first-order valence-corrected chi connectivity index (χ1v) is 7.07. The van der Waals surface area contributed by atoms with Gasteiger partial charge in [-0.25, -0.2) is 8.42 Å². The Kier molecular flexibility index (Phi) is 2.41. The molecule has 2 fully saturated rings.